The minimum Gasteiger partial charge on any atom is -0.444 e. The van der Waals surface area contributed by atoms with Crippen LogP contribution in [0.1, 0.15) is 46.2 Å². The topological polar surface area (TPSA) is 96.2 Å². The largest absolute Gasteiger partial charge is 0.444 e. The molecule has 0 unspecified atom stereocenters. The quantitative estimate of drug-likeness (QED) is 0.609. The molecule has 1 aromatic rings. The molecule has 0 fully saturated rings. The second kappa shape index (κ2) is 7.82. The molecule has 11 heteroatoms. The SMILES string of the molecule is CC(C)(C)OC(=O)NC1=N[C@](C)(c2nc(Br)ccc2F)C[S@]2(=O)=NCCCCN12. The molecule has 8 nitrogen and oxygen atoms in total. The van der Waals surface area contributed by atoms with Gasteiger partial charge in [-0.1, -0.05) is 0 Å². The van der Waals surface area contributed by atoms with Gasteiger partial charge in [0.2, 0.25) is 5.96 Å². The van der Waals surface area contributed by atoms with Gasteiger partial charge in [0.25, 0.3) is 0 Å². The number of carbonyl (C=O) groups is 1. The lowest BCUT2D eigenvalue weighted by Crippen LogP contribution is -2.55. The Bertz CT molecular complexity index is 971. The fourth-order valence-electron chi connectivity index (χ4n) is 3.24. The van der Waals surface area contributed by atoms with Crippen LogP contribution in [0.2, 0.25) is 0 Å². The second-order valence-electron chi connectivity index (χ2n) is 8.21. The lowest BCUT2D eigenvalue weighted by Gasteiger charge is -2.39. The van der Waals surface area contributed by atoms with Crippen LogP contribution in [0.3, 0.4) is 0 Å². The average molecular weight is 490 g/mol. The number of rotatable bonds is 1. The molecule has 0 bridgehead atoms. The molecule has 3 heterocycles. The van der Waals surface area contributed by atoms with E-state index in [9.17, 15) is 13.4 Å². The predicted molar refractivity (Wildman–Crippen MR) is 112 cm³/mol. The summed E-state index contributed by atoms with van der Waals surface area (Å²) in [6, 6.07) is 2.76. The van der Waals surface area contributed by atoms with Gasteiger partial charge in [-0.3, -0.25) is 9.62 Å². The van der Waals surface area contributed by atoms with E-state index in [0.717, 1.165) is 12.8 Å². The Morgan fingerprint density at radius 2 is 2.10 bits per heavy atom. The highest BCUT2D eigenvalue weighted by molar-refractivity contribution is 9.10. The molecule has 1 amide bonds. The van der Waals surface area contributed by atoms with E-state index in [1.807, 2.05) is 0 Å². The van der Waals surface area contributed by atoms with Gasteiger partial charge in [-0.05, 0) is 68.6 Å². The zero-order valence-electron chi connectivity index (χ0n) is 16.9. The molecule has 1 aromatic heterocycles. The monoisotopic (exact) mass is 489 g/mol. The summed E-state index contributed by atoms with van der Waals surface area (Å²) in [4.78, 5) is 21.2. The first-order chi connectivity index (χ1) is 13.4. The van der Waals surface area contributed by atoms with Gasteiger partial charge in [0.1, 0.15) is 37.2 Å². The summed E-state index contributed by atoms with van der Waals surface area (Å²) in [7, 11) is -2.96. The Kier molecular flexibility index (Phi) is 5.92. The third-order valence-corrected chi connectivity index (χ3v) is 7.41. The van der Waals surface area contributed by atoms with E-state index < -0.39 is 33.0 Å². The van der Waals surface area contributed by atoms with E-state index in [1.165, 1.54) is 16.4 Å². The Morgan fingerprint density at radius 1 is 1.38 bits per heavy atom. The second-order valence-corrected chi connectivity index (χ2v) is 11.2. The number of aliphatic imine (C=N–C) groups is 1. The highest BCUT2D eigenvalue weighted by Gasteiger charge is 2.44. The van der Waals surface area contributed by atoms with Crippen LogP contribution in [0.5, 0.6) is 0 Å². The number of carbonyl (C=O) groups excluding carboxylic acids is 1. The molecule has 2 aliphatic heterocycles. The van der Waals surface area contributed by atoms with Crippen LogP contribution >= 0.6 is 15.9 Å². The third kappa shape index (κ3) is 4.88. The van der Waals surface area contributed by atoms with E-state index in [0.29, 0.717) is 17.7 Å². The van der Waals surface area contributed by atoms with E-state index in [2.05, 4.69) is 35.6 Å². The number of fused-ring (bicyclic) bond motifs is 1. The van der Waals surface area contributed by atoms with Gasteiger partial charge in [-0.2, -0.15) is 0 Å². The number of nitrogens with zero attached hydrogens (tertiary/aromatic N) is 4. The van der Waals surface area contributed by atoms with Crippen molar-refractivity contribution in [2.24, 2.45) is 9.36 Å². The maximum absolute atomic E-state index is 14.6. The smallest absolute Gasteiger partial charge is 0.414 e. The van der Waals surface area contributed by atoms with Crippen molar-refractivity contribution < 1.29 is 18.1 Å². The zero-order valence-corrected chi connectivity index (χ0v) is 19.3. The molecular weight excluding hydrogens is 465 g/mol. The van der Waals surface area contributed by atoms with Crippen LogP contribution in [-0.2, 0) is 20.2 Å². The van der Waals surface area contributed by atoms with Crippen molar-refractivity contribution in [3.05, 3.63) is 28.2 Å². The van der Waals surface area contributed by atoms with Crippen LogP contribution in [0.25, 0.3) is 0 Å². The zero-order chi connectivity index (χ0) is 21.4. The maximum atomic E-state index is 14.6. The summed E-state index contributed by atoms with van der Waals surface area (Å²) in [5.41, 5.74) is -1.96. The van der Waals surface area contributed by atoms with E-state index in [-0.39, 0.29) is 17.4 Å². The van der Waals surface area contributed by atoms with Gasteiger partial charge in [0.05, 0.1) is 12.3 Å². The summed E-state index contributed by atoms with van der Waals surface area (Å²) in [6.45, 7) is 7.72. The average Bonchev–Trinajstić information content (AvgIpc) is 2.76. The Hall–Kier alpha value is -1.75. The molecule has 0 spiro atoms. The number of alkyl carbamates (subject to hydrolysis) is 1. The first-order valence-electron chi connectivity index (χ1n) is 9.33. The standard InChI is InChI=1S/C18H25BrFN5O3S/c1-17(2,3)28-16(26)23-15-24-18(4,14-12(20)7-8-13(19)22-14)11-29(27)21-9-5-6-10-25(15)29/h7-8H,5-6,9-11H2,1-4H3,(H,23,24,26)/t18-,29-/m0/s1. The summed E-state index contributed by atoms with van der Waals surface area (Å²) in [6.07, 6.45) is 0.789. The Balaban J connectivity index is 2.10. The molecule has 160 valence electrons. The third-order valence-electron chi connectivity index (χ3n) is 4.40. The van der Waals surface area contributed by atoms with E-state index >= 15 is 0 Å². The van der Waals surface area contributed by atoms with E-state index in [4.69, 9.17) is 4.74 Å². The lowest BCUT2D eigenvalue weighted by atomic mass is 10.00. The Labute approximate surface area is 178 Å². The maximum Gasteiger partial charge on any atom is 0.414 e. The first-order valence-corrected chi connectivity index (χ1v) is 11.8. The number of guanidine groups is 1. The van der Waals surface area contributed by atoms with Gasteiger partial charge in [0.15, 0.2) is 0 Å². The number of nitrogens with one attached hydrogen (secondary N) is 1. The van der Waals surface area contributed by atoms with Gasteiger partial charge in [-0.15, -0.1) is 0 Å². The van der Waals surface area contributed by atoms with Crippen molar-refractivity contribution >= 4 is 37.9 Å². The summed E-state index contributed by atoms with van der Waals surface area (Å²) in [5, 5.41) is 2.60. The normalized spacial score (nSPS) is 27.2. The fraction of sp³-hybridized carbons (Fsp3) is 0.611. The summed E-state index contributed by atoms with van der Waals surface area (Å²) >= 11 is 3.25. The molecule has 0 saturated heterocycles. The van der Waals surface area contributed by atoms with Crippen LogP contribution in [0, 0.1) is 5.82 Å². The first kappa shape index (κ1) is 21.9. The van der Waals surface area contributed by atoms with Crippen molar-refractivity contribution in [2.75, 3.05) is 18.8 Å². The van der Waals surface area contributed by atoms with Crippen LogP contribution < -0.4 is 5.32 Å². The number of pyridine rings is 1. The molecular formula is C18H25BrFN5O3S. The van der Waals surface area contributed by atoms with Crippen molar-refractivity contribution in [3.63, 3.8) is 0 Å². The molecule has 2 atom stereocenters. The minimum absolute atomic E-state index is 0.0279. The number of aromatic nitrogens is 1. The number of amides is 1. The van der Waals surface area contributed by atoms with Crippen LogP contribution in [0.4, 0.5) is 9.18 Å². The van der Waals surface area contributed by atoms with Crippen LogP contribution in [0.15, 0.2) is 26.1 Å². The summed E-state index contributed by atoms with van der Waals surface area (Å²) < 4.78 is 40.1. The summed E-state index contributed by atoms with van der Waals surface area (Å²) in [5.74, 6) is -0.536. The lowest BCUT2D eigenvalue weighted by molar-refractivity contribution is 0.0558. The molecule has 0 saturated carbocycles. The highest BCUT2D eigenvalue weighted by atomic mass is 79.9. The highest BCUT2D eigenvalue weighted by Crippen LogP contribution is 2.35. The minimum atomic E-state index is -2.96. The van der Waals surface area contributed by atoms with Crippen molar-refractivity contribution in [2.45, 2.75) is 51.7 Å². The van der Waals surface area contributed by atoms with Gasteiger partial charge < -0.3 is 4.74 Å². The number of ether oxygens (including phenoxy) is 1. The van der Waals surface area contributed by atoms with Crippen molar-refractivity contribution in [3.8, 4) is 0 Å². The Morgan fingerprint density at radius 3 is 2.79 bits per heavy atom. The molecule has 0 aliphatic carbocycles. The molecule has 0 radical (unpaired) electrons. The molecule has 0 aromatic carbocycles. The molecule has 3 rings (SSSR count). The van der Waals surface area contributed by atoms with Crippen molar-refractivity contribution in [1.82, 2.24) is 14.6 Å². The molecule has 2 aliphatic rings. The fourth-order valence-corrected chi connectivity index (χ4v) is 6.06. The van der Waals surface area contributed by atoms with Gasteiger partial charge in [0, 0.05) is 6.54 Å². The molecule has 29 heavy (non-hydrogen) atoms. The number of halogens is 2. The number of hydrogen-bond acceptors (Lipinski definition) is 6. The van der Waals surface area contributed by atoms with Gasteiger partial charge in [-0.25, -0.2) is 27.7 Å². The van der Waals surface area contributed by atoms with E-state index in [1.54, 1.807) is 27.7 Å². The predicted octanol–water partition coefficient (Wildman–Crippen LogP) is 3.57. The van der Waals surface area contributed by atoms with Crippen LogP contribution in [-0.4, -0.2) is 50.0 Å². The molecule has 1 N–H and O–H groups in total. The number of hydrogen-bond donors (Lipinski definition) is 1. The van der Waals surface area contributed by atoms with Gasteiger partial charge >= 0.3 is 6.09 Å². The van der Waals surface area contributed by atoms with Crippen molar-refractivity contribution in [1.29, 1.82) is 0 Å².